The third kappa shape index (κ3) is 3.76. The summed E-state index contributed by atoms with van der Waals surface area (Å²) in [6.45, 7) is 3.32. The van der Waals surface area contributed by atoms with E-state index in [0.29, 0.717) is 39.3 Å². The van der Waals surface area contributed by atoms with Crippen LogP contribution in [0.4, 0.5) is 5.69 Å². The summed E-state index contributed by atoms with van der Waals surface area (Å²) in [5, 5.41) is 3.26. The van der Waals surface area contributed by atoms with Crippen LogP contribution in [0, 0.1) is 0 Å². The standard InChI is InChI=1S/C17H24N2O4/c1-21-15-5-3-2-4-14(15)18-9-6-16(20)19-10-7-17(8-11-19)22-12-13-23-17/h2-5,18H,6-13H2,1H3. The topological polar surface area (TPSA) is 60.0 Å². The number of ether oxygens (including phenoxy) is 3. The maximum Gasteiger partial charge on any atom is 0.224 e. The van der Waals surface area contributed by atoms with Crippen LogP contribution in [0.25, 0.3) is 0 Å². The van der Waals surface area contributed by atoms with E-state index in [9.17, 15) is 4.79 Å². The summed E-state index contributed by atoms with van der Waals surface area (Å²) < 4.78 is 16.7. The Morgan fingerprint density at radius 3 is 2.65 bits per heavy atom. The molecular weight excluding hydrogens is 296 g/mol. The average Bonchev–Trinajstić information content (AvgIpc) is 3.04. The highest BCUT2D eigenvalue weighted by atomic mass is 16.7. The van der Waals surface area contributed by atoms with E-state index in [1.807, 2.05) is 29.2 Å². The molecule has 1 aromatic rings. The summed E-state index contributed by atoms with van der Waals surface area (Å²) in [5.41, 5.74) is 0.910. The number of piperidine rings is 1. The molecule has 0 aromatic heterocycles. The number of amides is 1. The van der Waals surface area contributed by atoms with Crippen molar-refractivity contribution in [3.8, 4) is 5.75 Å². The van der Waals surface area contributed by atoms with E-state index < -0.39 is 5.79 Å². The molecule has 6 heteroatoms. The van der Waals surface area contributed by atoms with Crippen molar-refractivity contribution in [3.63, 3.8) is 0 Å². The van der Waals surface area contributed by atoms with Gasteiger partial charge >= 0.3 is 0 Å². The molecule has 0 saturated carbocycles. The number of anilines is 1. The Morgan fingerprint density at radius 1 is 1.26 bits per heavy atom. The Labute approximate surface area is 136 Å². The number of likely N-dealkylation sites (tertiary alicyclic amines) is 1. The summed E-state index contributed by atoms with van der Waals surface area (Å²) in [4.78, 5) is 14.2. The Hall–Kier alpha value is -1.79. The largest absolute Gasteiger partial charge is 0.495 e. The monoisotopic (exact) mass is 320 g/mol. The van der Waals surface area contributed by atoms with Gasteiger partial charge in [-0.05, 0) is 12.1 Å². The average molecular weight is 320 g/mol. The normalized spacial score (nSPS) is 19.8. The van der Waals surface area contributed by atoms with E-state index in [0.717, 1.165) is 24.3 Å². The van der Waals surface area contributed by atoms with Crippen LogP contribution < -0.4 is 10.1 Å². The molecule has 2 aliphatic heterocycles. The van der Waals surface area contributed by atoms with Crippen LogP contribution in [-0.2, 0) is 14.3 Å². The molecule has 0 atom stereocenters. The van der Waals surface area contributed by atoms with Crippen LogP contribution in [0.3, 0.4) is 0 Å². The molecule has 0 radical (unpaired) electrons. The van der Waals surface area contributed by atoms with E-state index in [4.69, 9.17) is 14.2 Å². The lowest BCUT2D eigenvalue weighted by atomic mass is 10.0. The van der Waals surface area contributed by atoms with Gasteiger partial charge in [0.1, 0.15) is 5.75 Å². The summed E-state index contributed by atoms with van der Waals surface area (Å²) in [6.07, 6.45) is 1.99. The highest BCUT2D eigenvalue weighted by Crippen LogP contribution is 2.31. The number of hydrogen-bond donors (Lipinski definition) is 1. The molecule has 23 heavy (non-hydrogen) atoms. The van der Waals surface area contributed by atoms with Gasteiger partial charge in [0.25, 0.3) is 0 Å². The highest BCUT2D eigenvalue weighted by Gasteiger charge is 2.40. The molecule has 2 fully saturated rings. The number of benzene rings is 1. The second-order valence-corrected chi connectivity index (χ2v) is 5.87. The van der Waals surface area contributed by atoms with Crippen LogP contribution in [-0.4, -0.2) is 56.6 Å². The van der Waals surface area contributed by atoms with Crippen molar-refractivity contribution >= 4 is 11.6 Å². The third-order valence-electron chi connectivity index (χ3n) is 4.45. The first-order chi connectivity index (χ1) is 11.2. The maximum atomic E-state index is 12.3. The van der Waals surface area contributed by atoms with Crippen LogP contribution in [0.5, 0.6) is 5.75 Å². The molecule has 1 spiro atoms. The summed E-state index contributed by atoms with van der Waals surface area (Å²) >= 11 is 0. The lowest BCUT2D eigenvalue weighted by molar-refractivity contribution is -0.187. The van der Waals surface area contributed by atoms with Gasteiger partial charge in [-0.25, -0.2) is 0 Å². The molecule has 1 aromatic carbocycles. The first-order valence-electron chi connectivity index (χ1n) is 8.15. The minimum absolute atomic E-state index is 0.167. The number of methoxy groups -OCH3 is 1. The number of hydrogen-bond acceptors (Lipinski definition) is 5. The fourth-order valence-electron chi connectivity index (χ4n) is 3.14. The van der Waals surface area contributed by atoms with Gasteiger partial charge in [-0.3, -0.25) is 4.79 Å². The number of rotatable bonds is 5. The van der Waals surface area contributed by atoms with E-state index in [1.54, 1.807) is 7.11 Å². The summed E-state index contributed by atoms with van der Waals surface area (Å²) in [5.74, 6) is 0.530. The Bertz CT molecular complexity index is 533. The van der Waals surface area contributed by atoms with E-state index >= 15 is 0 Å². The van der Waals surface area contributed by atoms with Crippen molar-refractivity contribution in [2.75, 3.05) is 45.3 Å². The third-order valence-corrected chi connectivity index (χ3v) is 4.45. The SMILES string of the molecule is COc1ccccc1NCCC(=O)N1CCC2(CC1)OCCO2. The van der Waals surface area contributed by atoms with Crippen LogP contribution in [0.1, 0.15) is 19.3 Å². The van der Waals surface area contributed by atoms with Gasteiger partial charge in [0.2, 0.25) is 5.91 Å². The van der Waals surface area contributed by atoms with Gasteiger partial charge in [-0.1, -0.05) is 12.1 Å². The molecule has 1 amide bonds. The predicted octanol–water partition coefficient (Wildman–Crippen LogP) is 1.86. The molecule has 126 valence electrons. The molecule has 1 N–H and O–H groups in total. The molecule has 2 aliphatic rings. The van der Waals surface area contributed by atoms with Gasteiger partial charge in [-0.15, -0.1) is 0 Å². The van der Waals surface area contributed by atoms with E-state index in [2.05, 4.69) is 5.32 Å². The Balaban J connectivity index is 1.43. The first-order valence-corrected chi connectivity index (χ1v) is 8.15. The Morgan fingerprint density at radius 2 is 1.96 bits per heavy atom. The number of nitrogens with zero attached hydrogens (tertiary/aromatic N) is 1. The van der Waals surface area contributed by atoms with Gasteiger partial charge < -0.3 is 24.4 Å². The second kappa shape index (κ2) is 7.19. The number of carbonyl (C=O) groups is 1. The van der Waals surface area contributed by atoms with Gasteiger partial charge in [-0.2, -0.15) is 0 Å². The van der Waals surface area contributed by atoms with Crippen molar-refractivity contribution < 1.29 is 19.0 Å². The minimum atomic E-state index is -0.424. The molecule has 0 unspecified atom stereocenters. The maximum absolute atomic E-state index is 12.3. The highest BCUT2D eigenvalue weighted by molar-refractivity contribution is 5.77. The zero-order chi connectivity index (χ0) is 16.1. The van der Waals surface area contributed by atoms with Crippen molar-refractivity contribution in [2.45, 2.75) is 25.0 Å². The molecule has 2 heterocycles. The molecule has 2 saturated heterocycles. The first kappa shape index (κ1) is 16.1. The van der Waals surface area contributed by atoms with E-state index in [1.165, 1.54) is 0 Å². The van der Waals surface area contributed by atoms with Crippen LogP contribution >= 0.6 is 0 Å². The van der Waals surface area contributed by atoms with Crippen molar-refractivity contribution in [1.29, 1.82) is 0 Å². The lowest BCUT2D eigenvalue weighted by Crippen LogP contribution is -2.47. The second-order valence-electron chi connectivity index (χ2n) is 5.87. The number of carbonyl (C=O) groups excluding carboxylic acids is 1. The molecule has 0 aliphatic carbocycles. The van der Waals surface area contributed by atoms with Crippen molar-refractivity contribution in [1.82, 2.24) is 4.90 Å². The minimum Gasteiger partial charge on any atom is -0.495 e. The summed E-state index contributed by atoms with van der Waals surface area (Å²) in [7, 11) is 1.64. The van der Waals surface area contributed by atoms with Gasteiger partial charge in [0.15, 0.2) is 5.79 Å². The fourth-order valence-corrected chi connectivity index (χ4v) is 3.14. The molecule has 0 bridgehead atoms. The number of para-hydroxylation sites is 2. The zero-order valence-electron chi connectivity index (χ0n) is 13.5. The van der Waals surface area contributed by atoms with Crippen LogP contribution in [0.2, 0.25) is 0 Å². The number of nitrogens with one attached hydrogen (secondary N) is 1. The molecular formula is C17H24N2O4. The molecule has 6 nitrogen and oxygen atoms in total. The summed E-state index contributed by atoms with van der Waals surface area (Å²) in [6, 6.07) is 7.71. The van der Waals surface area contributed by atoms with Gasteiger partial charge in [0.05, 0.1) is 26.0 Å². The zero-order valence-corrected chi connectivity index (χ0v) is 13.5. The van der Waals surface area contributed by atoms with Gasteiger partial charge in [0, 0.05) is 38.9 Å². The molecule has 3 rings (SSSR count). The Kier molecular flexibility index (Phi) is 5.03. The smallest absolute Gasteiger partial charge is 0.224 e. The van der Waals surface area contributed by atoms with Crippen LogP contribution in [0.15, 0.2) is 24.3 Å². The lowest BCUT2D eigenvalue weighted by Gasteiger charge is -2.37. The quantitative estimate of drug-likeness (QED) is 0.897. The fraction of sp³-hybridized carbons (Fsp3) is 0.588. The van der Waals surface area contributed by atoms with Crippen molar-refractivity contribution in [3.05, 3.63) is 24.3 Å². The predicted molar refractivity (Wildman–Crippen MR) is 86.5 cm³/mol. The van der Waals surface area contributed by atoms with Crippen molar-refractivity contribution in [2.24, 2.45) is 0 Å². The van der Waals surface area contributed by atoms with E-state index in [-0.39, 0.29) is 5.91 Å².